The van der Waals surface area contributed by atoms with Crippen LogP contribution in [0.25, 0.3) is 0 Å². The average molecular weight is 496 g/mol. The van der Waals surface area contributed by atoms with Crippen LogP contribution < -0.4 is 16.0 Å². The van der Waals surface area contributed by atoms with E-state index >= 15 is 0 Å². The van der Waals surface area contributed by atoms with Gasteiger partial charge in [0.25, 0.3) is 5.91 Å². The Balaban J connectivity index is 0.00000156. The summed E-state index contributed by atoms with van der Waals surface area (Å²) in [5.41, 5.74) is 6.07. The van der Waals surface area contributed by atoms with Gasteiger partial charge < -0.3 is 16.0 Å². The normalized spacial score (nSPS) is 12.5. The van der Waals surface area contributed by atoms with E-state index < -0.39 is 0 Å². The first-order valence-corrected chi connectivity index (χ1v) is 12.6. The Hall–Kier alpha value is -4.30. The number of nitrogens with one attached hydrogen (secondary N) is 3. The predicted molar refractivity (Wildman–Crippen MR) is 148 cm³/mol. The highest BCUT2D eigenvalue weighted by molar-refractivity contribution is 6.00. The summed E-state index contributed by atoms with van der Waals surface area (Å²) in [5.74, 6) is 0.919. The van der Waals surface area contributed by atoms with Gasteiger partial charge in [-0.25, -0.2) is 4.98 Å². The van der Waals surface area contributed by atoms with Crippen molar-refractivity contribution < 1.29 is 4.79 Å². The van der Waals surface area contributed by atoms with Crippen molar-refractivity contribution in [3.63, 3.8) is 0 Å². The Bertz CT molecular complexity index is 1330. The molecule has 190 valence electrons. The van der Waals surface area contributed by atoms with Crippen LogP contribution in [-0.2, 0) is 19.5 Å². The molecular weight excluding hydrogens is 462 g/mol. The zero-order chi connectivity index (χ0) is 26.0. The molecule has 5 rings (SSSR count). The number of benzene rings is 2. The molecule has 2 aromatic heterocycles. The molecule has 0 atom stereocenters. The standard InChI is InChI=1S/C27H27N7O.C2H6/c1-28-26(35)23-6-2-3-7-24(23)32-25-10-13-30-27(33-25)31-22-9-8-20-11-14-34(18-21(20)15-22)17-19-5-4-12-29-16-19;1-2/h2-10,12-13,15-16H,11,14,17-18H2,1H3,(H,28,35)(H2,30,31,32,33);1-2H3. The molecule has 0 bridgehead atoms. The van der Waals surface area contributed by atoms with Crippen molar-refractivity contribution in [1.29, 1.82) is 0 Å². The maximum atomic E-state index is 12.2. The minimum absolute atomic E-state index is 0.160. The number of aromatic nitrogens is 3. The van der Waals surface area contributed by atoms with Crippen LogP contribution in [0.15, 0.2) is 79.3 Å². The van der Waals surface area contributed by atoms with E-state index in [0.717, 1.165) is 31.7 Å². The van der Waals surface area contributed by atoms with Crippen molar-refractivity contribution in [3.05, 3.63) is 102 Å². The fourth-order valence-electron chi connectivity index (χ4n) is 4.26. The summed E-state index contributed by atoms with van der Waals surface area (Å²) < 4.78 is 0. The molecule has 2 aromatic carbocycles. The number of hydrogen-bond donors (Lipinski definition) is 3. The lowest BCUT2D eigenvalue weighted by atomic mass is 9.98. The first kappa shape index (κ1) is 25.8. The first-order valence-electron chi connectivity index (χ1n) is 12.6. The molecule has 37 heavy (non-hydrogen) atoms. The number of fused-ring (bicyclic) bond motifs is 1. The van der Waals surface area contributed by atoms with E-state index in [1.54, 1.807) is 31.6 Å². The molecule has 0 unspecified atom stereocenters. The van der Waals surface area contributed by atoms with Gasteiger partial charge >= 0.3 is 0 Å². The Morgan fingerprint density at radius 2 is 1.84 bits per heavy atom. The van der Waals surface area contributed by atoms with E-state index in [1.807, 2.05) is 44.3 Å². The fourth-order valence-corrected chi connectivity index (χ4v) is 4.26. The van der Waals surface area contributed by atoms with Gasteiger partial charge in [-0.2, -0.15) is 4.98 Å². The zero-order valence-corrected chi connectivity index (χ0v) is 21.5. The number of carbonyl (C=O) groups is 1. The highest BCUT2D eigenvalue weighted by Crippen LogP contribution is 2.26. The van der Waals surface area contributed by atoms with Gasteiger partial charge in [0.2, 0.25) is 5.95 Å². The molecule has 8 heteroatoms. The number of hydrogen-bond acceptors (Lipinski definition) is 7. The van der Waals surface area contributed by atoms with Crippen LogP contribution in [0.3, 0.4) is 0 Å². The Morgan fingerprint density at radius 3 is 2.65 bits per heavy atom. The van der Waals surface area contributed by atoms with Gasteiger partial charge in [-0.3, -0.25) is 14.7 Å². The molecule has 0 saturated heterocycles. The van der Waals surface area contributed by atoms with Crippen molar-refractivity contribution in [2.24, 2.45) is 0 Å². The molecule has 0 aliphatic carbocycles. The lowest BCUT2D eigenvalue weighted by Crippen LogP contribution is -2.30. The Morgan fingerprint density at radius 1 is 0.973 bits per heavy atom. The number of amides is 1. The third-order valence-corrected chi connectivity index (χ3v) is 6.00. The van der Waals surface area contributed by atoms with Gasteiger partial charge in [0.05, 0.1) is 11.3 Å². The SMILES string of the molecule is CC.CNC(=O)c1ccccc1Nc1ccnc(Nc2ccc3c(c2)CN(Cc2cccnc2)CC3)n1. The van der Waals surface area contributed by atoms with Gasteiger partial charge in [0, 0.05) is 51.0 Å². The summed E-state index contributed by atoms with van der Waals surface area (Å²) in [4.78, 5) is 27.8. The summed E-state index contributed by atoms with van der Waals surface area (Å²) in [6.45, 7) is 6.81. The van der Waals surface area contributed by atoms with Crippen LogP contribution in [0.4, 0.5) is 23.1 Å². The summed E-state index contributed by atoms with van der Waals surface area (Å²) in [7, 11) is 1.61. The second kappa shape index (κ2) is 12.6. The van der Waals surface area contributed by atoms with Crippen molar-refractivity contribution in [2.45, 2.75) is 33.4 Å². The van der Waals surface area contributed by atoms with E-state index in [-0.39, 0.29) is 5.91 Å². The zero-order valence-electron chi connectivity index (χ0n) is 21.5. The Labute approximate surface area is 218 Å². The van der Waals surface area contributed by atoms with E-state index in [1.165, 1.54) is 16.7 Å². The molecule has 1 amide bonds. The lowest BCUT2D eigenvalue weighted by Gasteiger charge is -2.29. The largest absolute Gasteiger partial charge is 0.355 e. The van der Waals surface area contributed by atoms with Crippen molar-refractivity contribution in [3.8, 4) is 0 Å². The van der Waals surface area contributed by atoms with Crippen molar-refractivity contribution in [1.82, 2.24) is 25.2 Å². The average Bonchev–Trinajstić information content (AvgIpc) is 2.95. The van der Waals surface area contributed by atoms with Crippen LogP contribution in [-0.4, -0.2) is 39.4 Å². The first-order chi connectivity index (χ1) is 18.2. The quantitative estimate of drug-likeness (QED) is 0.320. The number of para-hydroxylation sites is 1. The Kier molecular flexibility index (Phi) is 8.78. The van der Waals surface area contributed by atoms with E-state index in [0.29, 0.717) is 23.0 Å². The minimum Gasteiger partial charge on any atom is -0.355 e. The van der Waals surface area contributed by atoms with E-state index in [4.69, 9.17) is 0 Å². The lowest BCUT2D eigenvalue weighted by molar-refractivity contribution is 0.0964. The molecule has 0 saturated carbocycles. The smallest absolute Gasteiger partial charge is 0.253 e. The summed E-state index contributed by atoms with van der Waals surface area (Å²) in [5, 5.41) is 9.21. The second-order valence-electron chi connectivity index (χ2n) is 8.45. The molecular formula is C29H33N7O. The van der Waals surface area contributed by atoms with Gasteiger partial charge in [-0.1, -0.05) is 38.1 Å². The maximum Gasteiger partial charge on any atom is 0.253 e. The van der Waals surface area contributed by atoms with Crippen LogP contribution in [0.2, 0.25) is 0 Å². The van der Waals surface area contributed by atoms with E-state index in [2.05, 4.69) is 60.1 Å². The van der Waals surface area contributed by atoms with Gasteiger partial charge in [-0.05, 0) is 59.5 Å². The highest BCUT2D eigenvalue weighted by atomic mass is 16.1. The summed E-state index contributed by atoms with van der Waals surface area (Å²) >= 11 is 0. The number of rotatable bonds is 7. The number of nitrogens with zero attached hydrogens (tertiary/aromatic N) is 4. The van der Waals surface area contributed by atoms with Gasteiger partial charge in [-0.15, -0.1) is 0 Å². The van der Waals surface area contributed by atoms with Crippen LogP contribution >= 0.6 is 0 Å². The molecule has 0 radical (unpaired) electrons. The molecule has 0 spiro atoms. The molecule has 1 aliphatic heterocycles. The molecule has 1 aliphatic rings. The van der Waals surface area contributed by atoms with Crippen molar-refractivity contribution in [2.75, 3.05) is 24.2 Å². The van der Waals surface area contributed by atoms with Crippen LogP contribution in [0, 0.1) is 0 Å². The van der Waals surface area contributed by atoms with Crippen LogP contribution in [0.1, 0.15) is 40.9 Å². The molecule has 4 aromatic rings. The monoisotopic (exact) mass is 495 g/mol. The second-order valence-corrected chi connectivity index (χ2v) is 8.45. The van der Waals surface area contributed by atoms with E-state index in [9.17, 15) is 4.79 Å². The molecule has 3 heterocycles. The summed E-state index contributed by atoms with van der Waals surface area (Å²) in [6.07, 6.45) is 6.45. The van der Waals surface area contributed by atoms with Crippen molar-refractivity contribution >= 4 is 29.0 Å². The molecule has 3 N–H and O–H groups in total. The van der Waals surface area contributed by atoms with Crippen LogP contribution in [0.5, 0.6) is 0 Å². The fraction of sp³-hybridized carbons (Fsp3) is 0.241. The third kappa shape index (κ3) is 6.68. The summed E-state index contributed by atoms with van der Waals surface area (Å²) in [6, 6.07) is 19.6. The molecule has 8 nitrogen and oxygen atoms in total. The predicted octanol–water partition coefficient (Wildman–Crippen LogP) is 5.30. The highest BCUT2D eigenvalue weighted by Gasteiger charge is 2.17. The van der Waals surface area contributed by atoms with Gasteiger partial charge in [0.15, 0.2) is 0 Å². The number of anilines is 4. The van der Waals surface area contributed by atoms with Gasteiger partial charge in [0.1, 0.15) is 5.82 Å². The minimum atomic E-state index is -0.160. The maximum absolute atomic E-state index is 12.2. The topological polar surface area (TPSA) is 95.1 Å². The number of carbonyl (C=O) groups excluding carboxylic acids is 1. The number of pyridine rings is 1. The third-order valence-electron chi connectivity index (χ3n) is 6.00. The molecule has 0 fully saturated rings.